The van der Waals surface area contributed by atoms with Gasteiger partial charge >= 0.3 is 0 Å². The van der Waals surface area contributed by atoms with Crippen molar-refractivity contribution in [3.05, 3.63) is 30.1 Å². The van der Waals surface area contributed by atoms with Crippen molar-refractivity contribution in [2.45, 2.75) is 31.3 Å². The van der Waals surface area contributed by atoms with Crippen LogP contribution < -0.4 is 4.90 Å². The molecule has 110 valence electrons. The van der Waals surface area contributed by atoms with E-state index in [0.717, 1.165) is 58.4 Å². The third-order valence-electron chi connectivity index (χ3n) is 4.62. The summed E-state index contributed by atoms with van der Waals surface area (Å²) in [4.78, 5) is 4.42. The zero-order chi connectivity index (χ0) is 14.0. The maximum atomic E-state index is 13.8. The number of para-hydroxylation sites is 1. The molecule has 1 aliphatic heterocycles. The van der Waals surface area contributed by atoms with Gasteiger partial charge in [0.2, 0.25) is 0 Å². The third-order valence-corrected chi connectivity index (χ3v) is 4.62. The lowest BCUT2D eigenvalue weighted by molar-refractivity contribution is 0.00799. The minimum absolute atomic E-state index is 0.143. The lowest BCUT2D eigenvalue weighted by atomic mass is 10.0. The Hall–Kier alpha value is -1.13. The molecular weight excluding hydrogens is 255 g/mol. The summed E-state index contributed by atoms with van der Waals surface area (Å²) in [5.74, 6) is -0.143. The summed E-state index contributed by atoms with van der Waals surface area (Å²) in [6, 6.07) is 6.97. The van der Waals surface area contributed by atoms with Crippen molar-refractivity contribution in [3.63, 3.8) is 0 Å². The molecule has 0 bridgehead atoms. The first-order chi connectivity index (χ1) is 9.66. The van der Waals surface area contributed by atoms with Crippen molar-refractivity contribution in [2.75, 3.05) is 37.6 Å². The molecule has 1 N–H and O–H groups in total. The van der Waals surface area contributed by atoms with Crippen LogP contribution in [0.1, 0.15) is 25.7 Å². The van der Waals surface area contributed by atoms with Gasteiger partial charge in [-0.05, 0) is 25.0 Å². The number of nitrogens with zero attached hydrogens (tertiary/aromatic N) is 2. The molecule has 0 spiro atoms. The predicted octanol–water partition coefficient (Wildman–Crippen LogP) is 2.25. The van der Waals surface area contributed by atoms with Crippen LogP contribution in [-0.4, -0.2) is 48.3 Å². The lowest BCUT2D eigenvalue weighted by Crippen LogP contribution is -2.51. The number of hydrogen-bond acceptors (Lipinski definition) is 3. The average molecular weight is 278 g/mol. The van der Waals surface area contributed by atoms with Crippen molar-refractivity contribution in [1.29, 1.82) is 0 Å². The first-order valence-electron chi connectivity index (χ1n) is 7.61. The molecule has 0 atom stereocenters. The number of halogens is 1. The van der Waals surface area contributed by atoms with Crippen molar-refractivity contribution >= 4 is 5.69 Å². The molecule has 2 aliphatic rings. The largest absolute Gasteiger partial charge is 0.389 e. The van der Waals surface area contributed by atoms with Gasteiger partial charge in [0, 0.05) is 32.7 Å². The SMILES string of the molecule is OC1(CN2CCN(c3ccccc3F)CC2)CCCC1. The summed E-state index contributed by atoms with van der Waals surface area (Å²) in [5, 5.41) is 10.5. The molecule has 3 rings (SSSR count). The first-order valence-corrected chi connectivity index (χ1v) is 7.61. The fourth-order valence-electron chi connectivity index (χ4n) is 3.46. The maximum Gasteiger partial charge on any atom is 0.146 e. The highest BCUT2D eigenvalue weighted by atomic mass is 19.1. The smallest absolute Gasteiger partial charge is 0.146 e. The van der Waals surface area contributed by atoms with E-state index < -0.39 is 5.60 Å². The fourth-order valence-corrected chi connectivity index (χ4v) is 3.46. The van der Waals surface area contributed by atoms with Gasteiger partial charge in [0.05, 0.1) is 11.3 Å². The zero-order valence-electron chi connectivity index (χ0n) is 11.9. The molecule has 1 aromatic carbocycles. The van der Waals surface area contributed by atoms with Gasteiger partial charge in [0.25, 0.3) is 0 Å². The van der Waals surface area contributed by atoms with E-state index in [4.69, 9.17) is 0 Å². The molecule has 3 nitrogen and oxygen atoms in total. The van der Waals surface area contributed by atoms with Crippen molar-refractivity contribution in [1.82, 2.24) is 4.90 Å². The monoisotopic (exact) mass is 278 g/mol. The van der Waals surface area contributed by atoms with Crippen molar-refractivity contribution < 1.29 is 9.50 Å². The van der Waals surface area contributed by atoms with Crippen LogP contribution in [0.2, 0.25) is 0 Å². The quantitative estimate of drug-likeness (QED) is 0.918. The number of aliphatic hydroxyl groups is 1. The topological polar surface area (TPSA) is 26.7 Å². The van der Waals surface area contributed by atoms with Gasteiger partial charge in [-0.3, -0.25) is 4.90 Å². The summed E-state index contributed by atoms with van der Waals surface area (Å²) >= 11 is 0. The molecule has 2 fully saturated rings. The van der Waals surface area contributed by atoms with E-state index in [9.17, 15) is 9.50 Å². The molecular formula is C16H23FN2O. The van der Waals surface area contributed by atoms with Crippen LogP contribution in [-0.2, 0) is 0 Å². The van der Waals surface area contributed by atoms with Crippen LogP contribution >= 0.6 is 0 Å². The average Bonchev–Trinajstić information content (AvgIpc) is 2.87. The molecule has 1 aliphatic carbocycles. The summed E-state index contributed by atoms with van der Waals surface area (Å²) in [6.45, 7) is 4.24. The molecule has 4 heteroatoms. The van der Waals surface area contributed by atoms with Gasteiger partial charge in [-0.1, -0.05) is 25.0 Å². The van der Waals surface area contributed by atoms with Crippen LogP contribution in [0, 0.1) is 5.82 Å². The Labute approximate surface area is 120 Å². The van der Waals surface area contributed by atoms with Crippen molar-refractivity contribution in [3.8, 4) is 0 Å². The Morgan fingerprint density at radius 2 is 1.70 bits per heavy atom. The molecule has 20 heavy (non-hydrogen) atoms. The number of piperazine rings is 1. The number of β-amino-alcohol motifs (C(OH)–C–C–N with tert-alkyl or cyclic N) is 1. The van der Waals surface area contributed by atoms with Gasteiger partial charge in [0.1, 0.15) is 5.82 Å². The van der Waals surface area contributed by atoms with Gasteiger partial charge in [-0.15, -0.1) is 0 Å². The Balaban J connectivity index is 1.56. The summed E-state index contributed by atoms with van der Waals surface area (Å²) in [7, 11) is 0. The van der Waals surface area contributed by atoms with Crippen LogP contribution in [0.4, 0.5) is 10.1 Å². The highest BCUT2D eigenvalue weighted by Crippen LogP contribution is 2.30. The van der Waals surface area contributed by atoms with Crippen LogP contribution in [0.25, 0.3) is 0 Å². The predicted molar refractivity (Wildman–Crippen MR) is 78.5 cm³/mol. The number of rotatable bonds is 3. The van der Waals surface area contributed by atoms with Gasteiger partial charge in [-0.2, -0.15) is 0 Å². The molecule has 1 aromatic rings. The second-order valence-corrected chi connectivity index (χ2v) is 6.15. The highest BCUT2D eigenvalue weighted by molar-refractivity contribution is 5.47. The minimum atomic E-state index is -0.472. The van der Waals surface area contributed by atoms with E-state index in [1.165, 1.54) is 6.07 Å². The van der Waals surface area contributed by atoms with E-state index >= 15 is 0 Å². The van der Waals surface area contributed by atoms with E-state index in [-0.39, 0.29) is 5.82 Å². The summed E-state index contributed by atoms with van der Waals surface area (Å²) in [5.41, 5.74) is 0.229. The molecule has 0 aromatic heterocycles. The summed E-state index contributed by atoms with van der Waals surface area (Å²) < 4.78 is 13.8. The van der Waals surface area contributed by atoms with Crippen LogP contribution in [0.5, 0.6) is 0 Å². The Kier molecular flexibility index (Phi) is 3.94. The molecule has 1 saturated carbocycles. The normalized spacial score (nSPS) is 23.2. The molecule has 0 radical (unpaired) electrons. The van der Waals surface area contributed by atoms with E-state index in [0.29, 0.717) is 5.69 Å². The van der Waals surface area contributed by atoms with Crippen molar-refractivity contribution in [2.24, 2.45) is 0 Å². The fraction of sp³-hybridized carbons (Fsp3) is 0.625. The first kappa shape index (κ1) is 13.8. The third kappa shape index (κ3) is 2.96. The second kappa shape index (κ2) is 5.70. The molecule has 0 unspecified atom stereocenters. The Morgan fingerprint density at radius 1 is 1.05 bits per heavy atom. The second-order valence-electron chi connectivity index (χ2n) is 6.15. The van der Waals surface area contributed by atoms with Crippen LogP contribution in [0.15, 0.2) is 24.3 Å². The maximum absolute atomic E-state index is 13.8. The van der Waals surface area contributed by atoms with E-state index in [2.05, 4.69) is 9.80 Å². The standard InChI is InChI=1S/C16H23FN2O/c17-14-5-1-2-6-15(14)19-11-9-18(10-12-19)13-16(20)7-3-4-8-16/h1-2,5-6,20H,3-4,7-13H2. The summed E-state index contributed by atoms with van der Waals surface area (Å²) in [6.07, 6.45) is 4.15. The van der Waals surface area contributed by atoms with Gasteiger partial charge < -0.3 is 10.0 Å². The van der Waals surface area contributed by atoms with E-state index in [1.54, 1.807) is 6.07 Å². The van der Waals surface area contributed by atoms with Crippen LogP contribution in [0.3, 0.4) is 0 Å². The highest BCUT2D eigenvalue weighted by Gasteiger charge is 2.34. The number of anilines is 1. The van der Waals surface area contributed by atoms with E-state index in [1.807, 2.05) is 12.1 Å². The molecule has 0 amide bonds. The Bertz CT molecular complexity index is 452. The van der Waals surface area contributed by atoms with Gasteiger partial charge in [0.15, 0.2) is 0 Å². The van der Waals surface area contributed by atoms with Gasteiger partial charge in [-0.25, -0.2) is 4.39 Å². The lowest BCUT2D eigenvalue weighted by Gasteiger charge is -2.39. The zero-order valence-corrected chi connectivity index (χ0v) is 11.9. The number of benzene rings is 1. The molecule has 1 heterocycles. The minimum Gasteiger partial charge on any atom is -0.389 e. The Morgan fingerprint density at radius 3 is 2.35 bits per heavy atom. The molecule has 1 saturated heterocycles. The number of hydrogen-bond donors (Lipinski definition) is 1.